The van der Waals surface area contributed by atoms with Crippen molar-refractivity contribution < 1.29 is 4.79 Å². The lowest BCUT2D eigenvalue weighted by Gasteiger charge is -2.15. The highest BCUT2D eigenvalue weighted by Crippen LogP contribution is 2.17. The second-order valence-corrected chi connectivity index (χ2v) is 5.41. The molecule has 0 saturated heterocycles. The Balaban J connectivity index is 2.72. The summed E-state index contributed by atoms with van der Waals surface area (Å²) in [6, 6.07) is 7.89. The largest absolute Gasteiger partial charge is 0.351 e. The summed E-state index contributed by atoms with van der Waals surface area (Å²) in [5, 5.41) is 11.6. The summed E-state index contributed by atoms with van der Waals surface area (Å²) in [6.45, 7) is 5.64. The van der Waals surface area contributed by atoms with Gasteiger partial charge in [0, 0.05) is 11.0 Å². The van der Waals surface area contributed by atoms with Crippen LogP contribution in [0.1, 0.15) is 25.0 Å². The van der Waals surface area contributed by atoms with E-state index >= 15 is 0 Å². The third kappa shape index (κ3) is 3.57. The highest BCUT2D eigenvalue weighted by atomic mass is 79.9. The van der Waals surface area contributed by atoms with Gasteiger partial charge in [-0.2, -0.15) is 5.26 Å². The van der Waals surface area contributed by atoms with Gasteiger partial charge in [0.2, 0.25) is 5.91 Å². The Morgan fingerprint density at radius 2 is 2.18 bits per heavy atom. The molecule has 0 aliphatic heterocycles. The molecule has 0 radical (unpaired) electrons. The number of aryl methyl sites for hydroxylation is 1. The lowest BCUT2D eigenvalue weighted by molar-refractivity contribution is -0.126. The molecule has 0 aliphatic rings. The first-order valence-electron chi connectivity index (χ1n) is 5.31. The molecule has 1 amide bonds. The quantitative estimate of drug-likeness (QED) is 0.932. The molecule has 0 bridgehead atoms. The molecular weight excluding hydrogens is 280 g/mol. The molecule has 0 saturated carbocycles. The third-order valence-corrected chi connectivity index (χ3v) is 3.09. The number of nitriles is 1. The molecule has 0 spiro atoms. The van der Waals surface area contributed by atoms with Crippen LogP contribution in [0.15, 0.2) is 22.7 Å². The summed E-state index contributed by atoms with van der Waals surface area (Å²) in [4.78, 5) is 11.7. The minimum Gasteiger partial charge on any atom is -0.351 e. The maximum Gasteiger partial charge on any atom is 0.240 e. The van der Waals surface area contributed by atoms with Crippen LogP contribution >= 0.6 is 15.9 Å². The van der Waals surface area contributed by atoms with Crippen LogP contribution in [-0.4, -0.2) is 5.91 Å². The number of hydrogen-bond acceptors (Lipinski definition) is 2. The van der Waals surface area contributed by atoms with Gasteiger partial charge in [0.15, 0.2) is 0 Å². The van der Waals surface area contributed by atoms with Crippen LogP contribution in [-0.2, 0) is 11.3 Å². The number of carbonyl (C=O) groups is 1. The molecule has 90 valence electrons. The molecule has 0 atom stereocenters. The van der Waals surface area contributed by atoms with E-state index in [0.717, 1.165) is 15.6 Å². The van der Waals surface area contributed by atoms with Crippen LogP contribution < -0.4 is 5.32 Å². The zero-order valence-corrected chi connectivity index (χ0v) is 11.8. The van der Waals surface area contributed by atoms with Crippen LogP contribution in [0, 0.1) is 23.7 Å². The van der Waals surface area contributed by atoms with Crippen LogP contribution in [0.5, 0.6) is 0 Å². The molecule has 1 aromatic carbocycles. The fraction of sp³-hybridized carbons (Fsp3) is 0.385. The van der Waals surface area contributed by atoms with Crippen LogP contribution in [0.25, 0.3) is 0 Å². The number of benzene rings is 1. The minimum absolute atomic E-state index is 0.251. The average Bonchev–Trinajstić information content (AvgIpc) is 2.29. The molecule has 0 aliphatic carbocycles. The number of rotatable bonds is 3. The second kappa shape index (κ2) is 5.33. The zero-order valence-electron chi connectivity index (χ0n) is 10.2. The van der Waals surface area contributed by atoms with E-state index in [9.17, 15) is 4.79 Å². The van der Waals surface area contributed by atoms with Gasteiger partial charge in [-0.05, 0) is 44.0 Å². The Labute approximate surface area is 110 Å². The summed E-state index contributed by atoms with van der Waals surface area (Å²) in [5.74, 6) is -0.251. The van der Waals surface area contributed by atoms with E-state index in [1.165, 1.54) is 0 Å². The van der Waals surface area contributed by atoms with Gasteiger partial charge in [-0.3, -0.25) is 4.79 Å². The maximum atomic E-state index is 11.7. The Kier molecular flexibility index (Phi) is 4.30. The standard InChI is InChI=1S/C13H15BrN2O/c1-9-4-5-11(14)6-10(9)7-16-12(17)13(2,3)8-15/h4-6H,7H2,1-3H3,(H,16,17). The molecule has 3 nitrogen and oxygen atoms in total. The normalized spacial score (nSPS) is 10.8. The highest BCUT2D eigenvalue weighted by molar-refractivity contribution is 9.10. The van der Waals surface area contributed by atoms with E-state index in [1.807, 2.05) is 31.2 Å². The van der Waals surface area contributed by atoms with Crippen molar-refractivity contribution in [3.63, 3.8) is 0 Å². The number of carbonyl (C=O) groups excluding carboxylic acids is 1. The van der Waals surface area contributed by atoms with Gasteiger partial charge in [-0.25, -0.2) is 0 Å². The van der Waals surface area contributed by atoms with Crippen molar-refractivity contribution in [2.75, 3.05) is 0 Å². The summed E-state index contributed by atoms with van der Waals surface area (Å²) in [5.41, 5.74) is 1.17. The summed E-state index contributed by atoms with van der Waals surface area (Å²) in [6.07, 6.45) is 0. The first-order chi connectivity index (χ1) is 7.86. The van der Waals surface area contributed by atoms with Gasteiger partial charge in [0.1, 0.15) is 5.41 Å². The van der Waals surface area contributed by atoms with Crippen molar-refractivity contribution in [3.05, 3.63) is 33.8 Å². The Hall–Kier alpha value is -1.34. The molecule has 1 N–H and O–H groups in total. The Bertz CT molecular complexity index is 475. The van der Waals surface area contributed by atoms with Gasteiger partial charge in [0.05, 0.1) is 6.07 Å². The predicted molar refractivity (Wildman–Crippen MR) is 70.1 cm³/mol. The van der Waals surface area contributed by atoms with Crippen molar-refractivity contribution in [1.82, 2.24) is 5.32 Å². The van der Waals surface area contributed by atoms with E-state index in [1.54, 1.807) is 13.8 Å². The number of nitrogens with zero attached hydrogens (tertiary/aromatic N) is 1. The van der Waals surface area contributed by atoms with Crippen molar-refractivity contribution in [2.45, 2.75) is 27.3 Å². The lowest BCUT2D eigenvalue weighted by atomic mass is 9.94. The predicted octanol–water partition coefficient (Wildman–Crippen LogP) is 2.92. The van der Waals surface area contributed by atoms with E-state index in [0.29, 0.717) is 6.54 Å². The van der Waals surface area contributed by atoms with Crippen molar-refractivity contribution in [1.29, 1.82) is 5.26 Å². The average molecular weight is 295 g/mol. The van der Waals surface area contributed by atoms with E-state index in [4.69, 9.17) is 5.26 Å². The summed E-state index contributed by atoms with van der Waals surface area (Å²) >= 11 is 3.39. The molecule has 17 heavy (non-hydrogen) atoms. The molecule has 1 rings (SSSR count). The van der Waals surface area contributed by atoms with E-state index in [-0.39, 0.29) is 5.91 Å². The minimum atomic E-state index is -0.986. The van der Waals surface area contributed by atoms with Gasteiger partial charge in [-0.1, -0.05) is 22.0 Å². The number of halogens is 1. The van der Waals surface area contributed by atoms with Gasteiger partial charge >= 0.3 is 0 Å². The molecule has 4 heteroatoms. The second-order valence-electron chi connectivity index (χ2n) is 4.49. The maximum absolute atomic E-state index is 11.7. The van der Waals surface area contributed by atoms with Gasteiger partial charge < -0.3 is 5.32 Å². The Morgan fingerprint density at radius 3 is 2.76 bits per heavy atom. The molecule has 0 unspecified atom stereocenters. The number of amides is 1. The molecule has 0 aromatic heterocycles. The monoisotopic (exact) mass is 294 g/mol. The fourth-order valence-corrected chi connectivity index (χ4v) is 1.69. The van der Waals surface area contributed by atoms with Gasteiger partial charge in [0.25, 0.3) is 0 Å². The topological polar surface area (TPSA) is 52.9 Å². The molecule has 1 aromatic rings. The molecule has 0 heterocycles. The Morgan fingerprint density at radius 1 is 1.53 bits per heavy atom. The van der Waals surface area contributed by atoms with Crippen LogP contribution in [0.4, 0.5) is 0 Å². The first kappa shape index (κ1) is 13.7. The lowest BCUT2D eigenvalue weighted by Crippen LogP contribution is -2.35. The van der Waals surface area contributed by atoms with E-state index < -0.39 is 5.41 Å². The number of hydrogen-bond donors (Lipinski definition) is 1. The van der Waals surface area contributed by atoms with Gasteiger partial charge in [-0.15, -0.1) is 0 Å². The molecule has 0 fully saturated rings. The fourth-order valence-electron chi connectivity index (χ4n) is 1.28. The van der Waals surface area contributed by atoms with Crippen LogP contribution in [0.2, 0.25) is 0 Å². The summed E-state index contributed by atoms with van der Waals surface area (Å²) < 4.78 is 0.979. The van der Waals surface area contributed by atoms with E-state index in [2.05, 4.69) is 21.2 Å². The summed E-state index contributed by atoms with van der Waals surface area (Å²) in [7, 11) is 0. The van der Waals surface area contributed by atoms with Crippen LogP contribution in [0.3, 0.4) is 0 Å². The smallest absolute Gasteiger partial charge is 0.240 e. The SMILES string of the molecule is Cc1ccc(Br)cc1CNC(=O)C(C)(C)C#N. The number of nitrogens with one attached hydrogen (secondary N) is 1. The third-order valence-electron chi connectivity index (χ3n) is 2.60. The van der Waals surface area contributed by atoms with Crippen molar-refractivity contribution in [2.24, 2.45) is 5.41 Å². The first-order valence-corrected chi connectivity index (χ1v) is 6.10. The van der Waals surface area contributed by atoms with Crippen molar-refractivity contribution in [3.8, 4) is 6.07 Å². The zero-order chi connectivity index (χ0) is 13.1. The van der Waals surface area contributed by atoms with Crippen molar-refractivity contribution >= 4 is 21.8 Å². The highest BCUT2D eigenvalue weighted by Gasteiger charge is 2.26. The molecular formula is C13H15BrN2O.